The third-order valence-corrected chi connectivity index (χ3v) is 6.37. The third kappa shape index (κ3) is 4.87. The van der Waals surface area contributed by atoms with E-state index in [0.717, 1.165) is 33.6 Å². The molecule has 0 atom stereocenters. The summed E-state index contributed by atoms with van der Waals surface area (Å²) in [4.78, 5) is 25.8. The number of thiazole rings is 1. The second-order valence-corrected chi connectivity index (χ2v) is 8.56. The molecule has 0 aliphatic heterocycles. The zero-order valence-corrected chi connectivity index (χ0v) is 20.5. The van der Waals surface area contributed by atoms with Gasteiger partial charge in [-0.25, -0.2) is 9.97 Å². The number of anilines is 2. The predicted molar refractivity (Wildman–Crippen MR) is 142 cm³/mol. The van der Waals surface area contributed by atoms with Crippen LogP contribution in [0.25, 0.3) is 26.9 Å². The number of aryl methyl sites for hydroxylation is 1. The van der Waals surface area contributed by atoms with E-state index in [1.54, 1.807) is 13.3 Å². The molecule has 0 aliphatic carbocycles. The minimum atomic E-state index is -0.00600. The summed E-state index contributed by atoms with van der Waals surface area (Å²) < 4.78 is 7.02. The van der Waals surface area contributed by atoms with Crippen LogP contribution in [0.2, 0.25) is 0 Å². The van der Waals surface area contributed by atoms with Crippen LogP contribution >= 0.6 is 11.3 Å². The summed E-state index contributed by atoms with van der Waals surface area (Å²) in [5, 5.41) is 10.6. The first-order chi connectivity index (χ1) is 17.5. The van der Waals surface area contributed by atoms with E-state index < -0.39 is 0 Å². The van der Waals surface area contributed by atoms with Crippen LogP contribution in [0.5, 0.6) is 5.19 Å². The van der Waals surface area contributed by atoms with Gasteiger partial charge in [-0.3, -0.25) is 9.36 Å². The maximum atomic E-state index is 13.5. The smallest absolute Gasteiger partial charge is 0.273 e. The van der Waals surface area contributed by atoms with Gasteiger partial charge in [0.1, 0.15) is 17.5 Å². The number of para-hydroxylation sites is 1. The molecule has 0 unspecified atom stereocenters. The summed E-state index contributed by atoms with van der Waals surface area (Å²) in [5.41, 5.74) is 13.5. The van der Waals surface area contributed by atoms with Crippen molar-refractivity contribution in [3.05, 3.63) is 88.6 Å². The van der Waals surface area contributed by atoms with Crippen LogP contribution in [0.1, 0.15) is 18.2 Å². The van der Waals surface area contributed by atoms with Gasteiger partial charge < -0.3 is 16.2 Å². The number of methoxy groups -OCH3 is 1. The van der Waals surface area contributed by atoms with E-state index in [2.05, 4.69) is 27.9 Å². The van der Waals surface area contributed by atoms with Crippen LogP contribution in [0.3, 0.4) is 0 Å². The molecule has 0 fully saturated rings. The average Bonchev–Trinajstić information content (AvgIpc) is 3.38. The van der Waals surface area contributed by atoms with Crippen LogP contribution in [-0.2, 0) is 6.42 Å². The molecule has 0 amide bonds. The fraction of sp³-hybridized carbons (Fsp3) is 0.115. The van der Waals surface area contributed by atoms with Crippen molar-refractivity contribution in [2.45, 2.75) is 13.3 Å². The van der Waals surface area contributed by atoms with Gasteiger partial charge in [0.2, 0.25) is 5.95 Å². The first-order valence-corrected chi connectivity index (χ1v) is 11.8. The van der Waals surface area contributed by atoms with Gasteiger partial charge in [-0.1, -0.05) is 54.7 Å². The van der Waals surface area contributed by atoms with Crippen molar-refractivity contribution >= 4 is 33.9 Å². The summed E-state index contributed by atoms with van der Waals surface area (Å²) in [5.74, 6) is 0.200. The number of nitrogen functional groups attached to an aromatic ring is 2. The Morgan fingerprint density at radius 1 is 1.08 bits per heavy atom. The van der Waals surface area contributed by atoms with Crippen molar-refractivity contribution in [2.24, 2.45) is 0 Å². The molecule has 0 aliphatic rings. The Balaban J connectivity index is 0.000000256. The molecule has 36 heavy (non-hydrogen) atoms. The van der Waals surface area contributed by atoms with Gasteiger partial charge in [-0.2, -0.15) is 10.2 Å². The molecule has 0 saturated carbocycles. The number of ether oxygens (including phenoxy) is 1. The normalized spacial score (nSPS) is 10.4. The van der Waals surface area contributed by atoms with Crippen molar-refractivity contribution < 1.29 is 4.74 Å². The van der Waals surface area contributed by atoms with Gasteiger partial charge in [-0.15, -0.1) is 0 Å². The van der Waals surface area contributed by atoms with Gasteiger partial charge >= 0.3 is 0 Å². The van der Waals surface area contributed by atoms with Crippen molar-refractivity contribution in [1.29, 1.82) is 5.26 Å². The molecule has 2 aromatic carbocycles. The molecule has 0 radical (unpaired) electrons. The summed E-state index contributed by atoms with van der Waals surface area (Å²) in [7, 11) is 1.60. The van der Waals surface area contributed by atoms with E-state index >= 15 is 0 Å². The largest absolute Gasteiger partial charge is 0.473 e. The molecule has 3 heterocycles. The van der Waals surface area contributed by atoms with Crippen LogP contribution < -0.4 is 21.8 Å². The van der Waals surface area contributed by atoms with Crippen molar-refractivity contribution in [3.63, 3.8) is 0 Å². The topological polar surface area (TPSA) is 146 Å². The van der Waals surface area contributed by atoms with E-state index in [-0.39, 0.29) is 22.9 Å². The Morgan fingerprint density at radius 2 is 1.86 bits per heavy atom. The first-order valence-electron chi connectivity index (χ1n) is 11.0. The molecule has 0 saturated heterocycles. The lowest BCUT2D eigenvalue weighted by Gasteiger charge is -2.15. The quantitative estimate of drug-likeness (QED) is 0.376. The van der Waals surface area contributed by atoms with E-state index in [1.165, 1.54) is 17.5 Å². The predicted octanol–water partition coefficient (Wildman–Crippen LogP) is 4.20. The molecule has 9 nitrogen and oxygen atoms in total. The van der Waals surface area contributed by atoms with Crippen LogP contribution in [0.15, 0.2) is 71.8 Å². The molecule has 4 N–H and O–H groups in total. The average molecular weight is 498 g/mol. The molecule has 5 aromatic rings. The highest BCUT2D eigenvalue weighted by Gasteiger charge is 2.15. The Bertz CT molecular complexity index is 1620. The highest BCUT2D eigenvalue weighted by Crippen LogP contribution is 2.34. The number of aromatic nitrogens is 4. The Kier molecular flexibility index (Phi) is 7.23. The van der Waals surface area contributed by atoms with E-state index in [4.69, 9.17) is 21.5 Å². The Morgan fingerprint density at radius 3 is 2.50 bits per heavy atom. The maximum absolute atomic E-state index is 13.5. The number of nitrogens with two attached hydrogens (primary N) is 2. The molecule has 0 spiro atoms. The number of hydrogen-bond donors (Lipinski definition) is 2. The minimum absolute atomic E-state index is 0.00600. The summed E-state index contributed by atoms with van der Waals surface area (Å²) in [6.45, 7) is 2.07. The Hall–Kier alpha value is -4.75. The van der Waals surface area contributed by atoms with Gasteiger partial charge in [0.25, 0.3) is 10.8 Å². The van der Waals surface area contributed by atoms with Crippen molar-refractivity contribution in [2.75, 3.05) is 18.6 Å². The first kappa shape index (κ1) is 24.4. The van der Waals surface area contributed by atoms with Gasteiger partial charge in [0.15, 0.2) is 0 Å². The molecule has 10 heteroatoms. The summed E-state index contributed by atoms with van der Waals surface area (Å²) in [6.07, 6.45) is 3.83. The molecular weight excluding hydrogens is 474 g/mol. The standard InChI is InChI=1S/C21H18N2O2S.C5H5N5/c1-3-15-12-14-8-7-11-17(18-13-22-21(25-2)26-18)19(14)20(24)23(15)16-9-5-4-6-10-16;6-1-3-2-9-5(8)10-4(3)7/h4-13H,3H2,1-2H3;2H,(H4,7,8,9,10). The zero-order valence-electron chi connectivity index (χ0n) is 19.7. The molecule has 5 rings (SSSR count). The van der Waals surface area contributed by atoms with Gasteiger partial charge in [0, 0.05) is 23.1 Å². The summed E-state index contributed by atoms with van der Waals surface area (Å²) in [6, 6.07) is 19.6. The number of rotatable bonds is 4. The fourth-order valence-corrected chi connectivity index (χ4v) is 4.48. The lowest BCUT2D eigenvalue weighted by Crippen LogP contribution is -2.22. The second kappa shape index (κ2) is 10.7. The fourth-order valence-electron chi connectivity index (χ4n) is 3.71. The number of nitriles is 1. The molecule has 0 bridgehead atoms. The van der Waals surface area contributed by atoms with Gasteiger partial charge in [-0.05, 0) is 30.0 Å². The molecule has 3 aromatic heterocycles. The van der Waals surface area contributed by atoms with E-state index in [1.807, 2.05) is 59.2 Å². The Labute approximate surface area is 211 Å². The second-order valence-electron chi connectivity index (χ2n) is 7.57. The highest BCUT2D eigenvalue weighted by molar-refractivity contribution is 7.16. The number of benzene rings is 2. The number of fused-ring (bicyclic) bond motifs is 1. The third-order valence-electron chi connectivity index (χ3n) is 5.38. The lowest BCUT2D eigenvalue weighted by molar-refractivity contribution is 0.412. The monoisotopic (exact) mass is 497 g/mol. The van der Waals surface area contributed by atoms with Crippen molar-refractivity contribution in [1.82, 2.24) is 19.5 Å². The van der Waals surface area contributed by atoms with E-state index in [0.29, 0.717) is 10.6 Å². The lowest BCUT2D eigenvalue weighted by atomic mass is 10.0. The molecule has 180 valence electrons. The van der Waals surface area contributed by atoms with Crippen LogP contribution in [0, 0.1) is 11.3 Å². The van der Waals surface area contributed by atoms with E-state index in [9.17, 15) is 4.79 Å². The number of hydrogen-bond acceptors (Lipinski definition) is 9. The summed E-state index contributed by atoms with van der Waals surface area (Å²) >= 11 is 1.44. The number of pyridine rings is 1. The maximum Gasteiger partial charge on any atom is 0.273 e. The molecular formula is C26H23N7O2S. The SMILES string of the molecule is CCc1cc2cccc(-c3cnc(OC)s3)c2c(=O)n1-c1ccccc1.N#Cc1cnc(N)nc1N. The van der Waals surface area contributed by atoms with Gasteiger partial charge in [0.05, 0.1) is 23.6 Å². The van der Waals surface area contributed by atoms with Crippen LogP contribution in [0.4, 0.5) is 11.8 Å². The van der Waals surface area contributed by atoms with Crippen LogP contribution in [-0.4, -0.2) is 26.6 Å². The number of nitrogens with zero attached hydrogens (tertiary/aromatic N) is 5. The highest BCUT2D eigenvalue weighted by atomic mass is 32.1. The zero-order chi connectivity index (χ0) is 25.7. The van der Waals surface area contributed by atoms with Crippen molar-refractivity contribution in [3.8, 4) is 27.4 Å². The minimum Gasteiger partial charge on any atom is -0.473 e.